The molecule has 0 bridgehead atoms. The van der Waals surface area contributed by atoms with Gasteiger partial charge >= 0.3 is 0 Å². The number of aromatic nitrogens is 2. The fourth-order valence-corrected chi connectivity index (χ4v) is 2.38. The Morgan fingerprint density at radius 3 is 2.60 bits per heavy atom. The quantitative estimate of drug-likeness (QED) is 0.881. The number of nitrogens with one attached hydrogen (secondary N) is 1. The van der Waals surface area contributed by atoms with Crippen molar-refractivity contribution in [1.29, 1.82) is 0 Å². The molecule has 0 aliphatic carbocycles. The van der Waals surface area contributed by atoms with Crippen molar-refractivity contribution in [3.63, 3.8) is 0 Å². The largest absolute Gasteiger partial charge is 0.370 e. The number of rotatable bonds is 5. The standard InChI is InChI=1S/C16H20ClN3/c1-4-6-13-10-15(18-5-2)20-16(19-13)14-8-7-12(17)9-11(14)3/h7-10H,4-6H2,1-3H3,(H,18,19,20). The van der Waals surface area contributed by atoms with Crippen molar-refractivity contribution in [3.8, 4) is 11.4 Å². The van der Waals surface area contributed by atoms with Crippen LogP contribution in [-0.2, 0) is 6.42 Å². The zero-order chi connectivity index (χ0) is 14.5. The first kappa shape index (κ1) is 14.8. The van der Waals surface area contributed by atoms with Crippen LogP contribution in [0.4, 0.5) is 5.82 Å². The molecule has 20 heavy (non-hydrogen) atoms. The minimum absolute atomic E-state index is 0.739. The molecule has 2 aromatic rings. The minimum Gasteiger partial charge on any atom is -0.370 e. The smallest absolute Gasteiger partial charge is 0.162 e. The molecule has 4 heteroatoms. The van der Waals surface area contributed by atoms with Gasteiger partial charge in [-0.05, 0) is 44.0 Å². The molecule has 0 fully saturated rings. The predicted molar refractivity (Wildman–Crippen MR) is 85.4 cm³/mol. The van der Waals surface area contributed by atoms with E-state index in [0.717, 1.165) is 52.9 Å². The Kier molecular flexibility index (Phi) is 4.96. The zero-order valence-electron chi connectivity index (χ0n) is 12.2. The van der Waals surface area contributed by atoms with Gasteiger partial charge in [0.1, 0.15) is 5.82 Å². The first-order chi connectivity index (χ1) is 9.63. The van der Waals surface area contributed by atoms with E-state index in [9.17, 15) is 0 Å². The van der Waals surface area contributed by atoms with E-state index in [1.807, 2.05) is 31.2 Å². The predicted octanol–water partition coefficient (Wildman–Crippen LogP) is 4.49. The third kappa shape index (κ3) is 3.48. The summed E-state index contributed by atoms with van der Waals surface area (Å²) in [6.07, 6.45) is 2.03. The summed E-state index contributed by atoms with van der Waals surface area (Å²) in [4.78, 5) is 9.27. The summed E-state index contributed by atoms with van der Waals surface area (Å²) in [5, 5.41) is 4.01. The molecule has 1 N–H and O–H groups in total. The maximum Gasteiger partial charge on any atom is 0.162 e. The molecular formula is C16H20ClN3. The van der Waals surface area contributed by atoms with Crippen LogP contribution >= 0.6 is 11.6 Å². The summed E-state index contributed by atoms with van der Waals surface area (Å²) < 4.78 is 0. The molecule has 2 rings (SSSR count). The van der Waals surface area contributed by atoms with Gasteiger partial charge in [0.25, 0.3) is 0 Å². The Morgan fingerprint density at radius 2 is 1.95 bits per heavy atom. The highest BCUT2D eigenvalue weighted by atomic mass is 35.5. The van der Waals surface area contributed by atoms with Crippen LogP contribution in [0.25, 0.3) is 11.4 Å². The first-order valence-electron chi connectivity index (χ1n) is 7.02. The molecule has 1 heterocycles. The molecule has 0 spiro atoms. The van der Waals surface area contributed by atoms with Crippen molar-refractivity contribution in [1.82, 2.24) is 9.97 Å². The Balaban J connectivity index is 2.48. The highest BCUT2D eigenvalue weighted by Crippen LogP contribution is 2.25. The monoisotopic (exact) mass is 289 g/mol. The molecule has 0 atom stereocenters. The van der Waals surface area contributed by atoms with Crippen molar-refractivity contribution < 1.29 is 0 Å². The van der Waals surface area contributed by atoms with Crippen molar-refractivity contribution in [2.45, 2.75) is 33.6 Å². The average molecular weight is 290 g/mol. The maximum atomic E-state index is 6.01. The third-order valence-electron chi connectivity index (χ3n) is 3.07. The van der Waals surface area contributed by atoms with Gasteiger partial charge in [0.15, 0.2) is 5.82 Å². The minimum atomic E-state index is 0.739. The number of benzene rings is 1. The van der Waals surface area contributed by atoms with E-state index in [1.54, 1.807) is 0 Å². The molecule has 1 aromatic heterocycles. The Morgan fingerprint density at radius 1 is 1.15 bits per heavy atom. The molecule has 0 radical (unpaired) electrons. The molecule has 0 saturated carbocycles. The zero-order valence-corrected chi connectivity index (χ0v) is 13.0. The van der Waals surface area contributed by atoms with Crippen LogP contribution < -0.4 is 5.32 Å². The number of aryl methyl sites for hydroxylation is 2. The number of nitrogens with zero attached hydrogens (tertiary/aromatic N) is 2. The normalized spacial score (nSPS) is 10.6. The Hall–Kier alpha value is -1.61. The summed E-state index contributed by atoms with van der Waals surface area (Å²) >= 11 is 6.01. The van der Waals surface area contributed by atoms with E-state index >= 15 is 0 Å². The molecule has 0 aliphatic heterocycles. The summed E-state index contributed by atoms with van der Waals surface area (Å²) in [6.45, 7) is 7.10. The van der Waals surface area contributed by atoms with Crippen molar-refractivity contribution in [2.24, 2.45) is 0 Å². The van der Waals surface area contributed by atoms with E-state index < -0.39 is 0 Å². The van der Waals surface area contributed by atoms with Crippen molar-refractivity contribution >= 4 is 17.4 Å². The van der Waals surface area contributed by atoms with E-state index in [0.29, 0.717) is 0 Å². The van der Waals surface area contributed by atoms with Crippen molar-refractivity contribution in [3.05, 3.63) is 40.5 Å². The van der Waals surface area contributed by atoms with Gasteiger partial charge in [-0.15, -0.1) is 0 Å². The lowest BCUT2D eigenvalue weighted by Gasteiger charge is -2.10. The summed E-state index contributed by atoms with van der Waals surface area (Å²) in [7, 11) is 0. The summed E-state index contributed by atoms with van der Waals surface area (Å²) in [5.41, 5.74) is 3.20. The second-order valence-corrected chi connectivity index (χ2v) is 5.24. The highest BCUT2D eigenvalue weighted by Gasteiger charge is 2.09. The lowest BCUT2D eigenvalue weighted by Crippen LogP contribution is -2.04. The fourth-order valence-electron chi connectivity index (χ4n) is 2.15. The van der Waals surface area contributed by atoms with Gasteiger partial charge in [-0.2, -0.15) is 0 Å². The van der Waals surface area contributed by atoms with Crippen LogP contribution in [-0.4, -0.2) is 16.5 Å². The number of hydrogen-bond donors (Lipinski definition) is 1. The lowest BCUT2D eigenvalue weighted by atomic mass is 10.1. The van der Waals surface area contributed by atoms with Crippen LogP contribution in [0, 0.1) is 6.92 Å². The summed E-state index contributed by atoms with van der Waals surface area (Å²) in [5.74, 6) is 1.65. The van der Waals surface area contributed by atoms with Crippen molar-refractivity contribution in [2.75, 3.05) is 11.9 Å². The van der Waals surface area contributed by atoms with Crippen LogP contribution in [0.3, 0.4) is 0 Å². The highest BCUT2D eigenvalue weighted by molar-refractivity contribution is 6.30. The molecule has 0 unspecified atom stereocenters. The van der Waals surface area contributed by atoms with Crippen LogP contribution in [0.5, 0.6) is 0 Å². The topological polar surface area (TPSA) is 37.8 Å². The molecule has 1 aromatic carbocycles. The van der Waals surface area contributed by atoms with E-state index in [1.165, 1.54) is 0 Å². The van der Waals surface area contributed by atoms with E-state index in [4.69, 9.17) is 11.6 Å². The van der Waals surface area contributed by atoms with E-state index in [2.05, 4.69) is 29.1 Å². The molecule has 0 amide bonds. The van der Waals surface area contributed by atoms with Gasteiger partial charge in [0, 0.05) is 28.9 Å². The van der Waals surface area contributed by atoms with Gasteiger partial charge < -0.3 is 5.32 Å². The number of hydrogen-bond acceptors (Lipinski definition) is 3. The fraction of sp³-hybridized carbons (Fsp3) is 0.375. The van der Waals surface area contributed by atoms with Gasteiger partial charge in [-0.1, -0.05) is 24.9 Å². The maximum absolute atomic E-state index is 6.01. The van der Waals surface area contributed by atoms with Gasteiger partial charge in [0.05, 0.1) is 0 Å². The lowest BCUT2D eigenvalue weighted by molar-refractivity contribution is 0.874. The average Bonchev–Trinajstić information content (AvgIpc) is 2.39. The van der Waals surface area contributed by atoms with E-state index in [-0.39, 0.29) is 0 Å². The molecule has 0 saturated heterocycles. The molecular weight excluding hydrogens is 270 g/mol. The summed E-state index contributed by atoms with van der Waals surface area (Å²) in [6, 6.07) is 7.84. The van der Waals surface area contributed by atoms with Crippen LogP contribution in [0.1, 0.15) is 31.5 Å². The second kappa shape index (κ2) is 6.71. The molecule has 106 valence electrons. The second-order valence-electron chi connectivity index (χ2n) is 4.81. The first-order valence-corrected chi connectivity index (χ1v) is 7.40. The SMILES string of the molecule is CCCc1cc(NCC)nc(-c2ccc(Cl)cc2C)n1. The molecule has 0 aliphatic rings. The Labute approximate surface area is 125 Å². The van der Waals surface area contributed by atoms with Gasteiger partial charge in [-0.25, -0.2) is 9.97 Å². The van der Waals surface area contributed by atoms with Gasteiger partial charge in [0.2, 0.25) is 0 Å². The number of halogens is 1. The number of anilines is 1. The van der Waals surface area contributed by atoms with Gasteiger partial charge in [-0.3, -0.25) is 0 Å². The van der Waals surface area contributed by atoms with Crippen LogP contribution in [0.15, 0.2) is 24.3 Å². The molecule has 3 nitrogen and oxygen atoms in total. The third-order valence-corrected chi connectivity index (χ3v) is 3.31. The van der Waals surface area contributed by atoms with Crippen LogP contribution in [0.2, 0.25) is 5.02 Å². The Bertz CT molecular complexity index is 572.